The molecule has 0 saturated heterocycles. The Morgan fingerprint density at radius 1 is 1.18 bits per heavy atom. The second-order valence-corrected chi connectivity index (χ2v) is 7.15. The fraction of sp³-hybridized carbons (Fsp3) is 0.158. The van der Waals surface area contributed by atoms with Gasteiger partial charge in [0.05, 0.1) is 16.5 Å². The van der Waals surface area contributed by atoms with E-state index in [0.29, 0.717) is 18.9 Å². The molecular weight excluding hydrogens is 374 g/mol. The highest BCUT2D eigenvalue weighted by molar-refractivity contribution is 7.17. The molecule has 142 valence electrons. The standard InChI is InChI=1S/C19H19N7OS/c1-13-3-2-4-14(9-13)24-19(27)25-16-10-26(12-23-16)7-6-20-18-17-15(5-8-28-17)21-11-22-18/h2-5,8-12H,6-7H2,1H3,(H,20,21,22)(H2,24,25,27). The van der Waals surface area contributed by atoms with Crippen LogP contribution in [0.2, 0.25) is 0 Å². The van der Waals surface area contributed by atoms with Crippen LogP contribution >= 0.6 is 11.3 Å². The molecule has 0 aliphatic heterocycles. The van der Waals surface area contributed by atoms with Crippen molar-refractivity contribution in [1.82, 2.24) is 19.5 Å². The van der Waals surface area contributed by atoms with Crippen LogP contribution in [-0.2, 0) is 6.54 Å². The predicted octanol–water partition coefficient (Wildman–Crippen LogP) is 3.95. The molecule has 4 rings (SSSR count). The van der Waals surface area contributed by atoms with Crippen molar-refractivity contribution in [3.8, 4) is 0 Å². The molecule has 0 unspecified atom stereocenters. The molecule has 4 aromatic rings. The SMILES string of the molecule is Cc1cccc(NC(=O)Nc2cn(CCNc3ncnc4ccsc34)cn2)c1. The van der Waals surface area contributed by atoms with E-state index in [1.54, 1.807) is 30.2 Å². The number of fused-ring (bicyclic) bond motifs is 1. The lowest BCUT2D eigenvalue weighted by Crippen LogP contribution is -2.19. The van der Waals surface area contributed by atoms with E-state index >= 15 is 0 Å². The number of carbonyl (C=O) groups is 1. The van der Waals surface area contributed by atoms with Crippen LogP contribution in [0, 0.1) is 6.92 Å². The van der Waals surface area contributed by atoms with Gasteiger partial charge < -0.3 is 15.2 Å². The fourth-order valence-electron chi connectivity index (χ4n) is 2.77. The van der Waals surface area contributed by atoms with Crippen molar-refractivity contribution in [2.75, 3.05) is 22.5 Å². The molecule has 0 saturated carbocycles. The number of thiophene rings is 1. The number of benzene rings is 1. The number of nitrogens with zero attached hydrogens (tertiary/aromatic N) is 4. The second kappa shape index (κ2) is 8.05. The Bertz CT molecular complexity index is 1100. The van der Waals surface area contributed by atoms with E-state index in [-0.39, 0.29) is 6.03 Å². The van der Waals surface area contributed by atoms with Crippen molar-refractivity contribution in [2.24, 2.45) is 0 Å². The highest BCUT2D eigenvalue weighted by Crippen LogP contribution is 2.24. The highest BCUT2D eigenvalue weighted by Gasteiger charge is 2.07. The number of aryl methyl sites for hydroxylation is 1. The third-order valence-electron chi connectivity index (χ3n) is 4.06. The molecule has 0 fully saturated rings. The van der Waals surface area contributed by atoms with E-state index in [1.165, 1.54) is 0 Å². The van der Waals surface area contributed by atoms with Gasteiger partial charge >= 0.3 is 6.03 Å². The van der Waals surface area contributed by atoms with Gasteiger partial charge in [-0.05, 0) is 36.1 Å². The van der Waals surface area contributed by atoms with Gasteiger partial charge in [-0.2, -0.15) is 0 Å². The number of hydrogen-bond donors (Lipinski definition) is 3. The normalized spacial score (nSPS) is 10.8. The molecule has 0 atom stereocenters. The number of anilines is 3. The van der Waals surface area contributed by atoms with Crippen LogP contribution in [-0.4, -0.2) is 32.1 Å². The summed E-state index contributed by atoms with van der Waals surface area (Å²) in [6.07, 6.45) is 5.03. The Morgan fingerprint density at radius 2 is 2.11 bits per heavy atom. The number of hydrogen-bond acceptors (Lipinski definition) is 6. The largest absolute Gasteiger partial charge is 0.367 e. The maximum atomic E-state index is 12.1. The van der Waals surface area contributed by atoms with Crippen molar-refractivity contribution in [2.45, 2.75) is 13.5 Å². The van der Waals surface area contributed by atoms with Gasteiger partial charge in [0.25, 0.3) is 0 Å². The van der Waals surface area contributed by atoms with E-state index in [9.17, 15) is 4.79 Å². The lowest BCUT2D eigenvalue weighted by Gasteiger charge is -2.07. The number of rotatable bonds is 6. The van der Waals surface area contributed by atoms with Crippen LogP contribution in [0.3, 0.4) is 0 Å². The first kappa shape index (κ1) is 17.9. The first-order valence-corrected chi connectivity index (χ1v) is 9.64. The molecule has 28 heavy (non-hydrogen) atoms. The Labute approximate surface area is 165 Å². The van der Waals surface area contributed by atoms with Crippen LogP contribution < -0.4 is 16.0 Å². The molecule has 3 aromatic heterocycles. The third kappa shape index (κ3) is 4.26. The molecule has 0 bridgehead atoms. The molecule has 0 radical (unpaired) electrons. The number of imidazole rings is 1. The summed E-state index contributed by atoms with van der Waals surface area (Å²) in [6.45, 7) is 3.34. The molecule has 0 spiro atoms. The lowest BCUT2D eigenvalue weighted by atomic mass is 10.2. The summed E-state index contributed by atoms with van der Waals surface area (Å²) in [7, 11) is 0. The van der Waals surface area contributed by atoms with Crippen LogP contribution in [0.4, 0.5) is 22.1 Å². The van der Waals surface area contributed by atoms with Crippen molar-refractivity contribution < 1.29 is 4.79 Å². The van der Waals surface area contributed by atoms with Crippen molar-refractivity contribution >= 4 is 44.9 Å². The number of urea groups is 1. The summed E-state index contributed by atoms with van der Waals surface area (Å²) >= 11 is 1.61. The van der Waals surface area contributed by atoms with Crippen LogP contribution in [0.5, 0.6) is 0 Å². The van der Waals surface area contributed by atoms with Gasteiger partial charge in [0.1, 0.15) is 12.1 Å². The number of carbonyl (C=O) groups excluding carboxylic acids is 1. The van der Waals surface area contributed by atoms with E-state index in [0.717, 1.165) is 27.3 Å². The average Bonchev–Trinajstić information content (AvgIpc) is 3.31. The predicted molar refractivity (Wildman–Crippen MR) is 112 cm³/mol. The van der Waals surface area contributed by atoms with E-state index in [2.05, 4.69) is 30.9 Å². The first-order chi connectivity index (χ1) is 13.7. The average molecular weight is 393 g/mol. The Morgan fingerprint density at radius 3 is 3.00 bits per heavy atom. The van der Waals surface area contributed by atoms with Gasteiger partial charge in [-0.3, -0.25) is 5.32 Å². The molecule has 3 heterocycles. The van der Waals surface area contributed by atoms with Crippen molar-refractivity contribution in [3.63, 3.8) is 0 Å². The van der Waals surface area contributed by atoms with Gasteiger partial charge in [-0.1, -0.05) is 12.1 Å². The highest BCUT2D eigenvalue weighted by atomic mass is 32.1. The van der Waals surface area contributed by atoms with Gasteiger partial charge in [0.2, 0.25) is 0 Å². The van der Waals surface area contributed by atoms with Crippen LogP contribution in [0.25, 0.3) is 10.2 Å². The zero-order valence-corrected chi connectivity index (χ0v) is 16.0. The van der Waals surface area contributed by atoms with Gasteiger partial charge in [0.15, 0.2) is 5.82 Å². The lowest BCUT2D eigenvalue weighted by molar-refractivity contribution is 0.262. The molecule has 3 N–H and O–H groups in total. The summed E-state index contributed by atoms with van der Waals surface area (Å²) < 4.78 is 2.95. The molecule has 2 amide bonds. The van der Waals surface area contributed by atoms with Crippen molar-refractivity contribution in [3.05, 3.63) is 60.1 Å². The molecule has 1 aromatic carbocycles. The number of nitrogens with one attached hydrogen (secondary N) is 3. The molecular formula is C19H19N7OS. The minimum atomic E-state index is -0.324. The molecule has 0 aliphatic rings. The van der Waals surface area contributed by atoms with E-state index in [4.69, 9.17) is 0 Å². The summed E-state index contributed by atoms with van der Waals surface area (Å²) in [5.74, 6) is 1.32. The Hall–Kier alpha value is -3.46. The monoisotopic (exact) mass is 393 g/mol. The van der Waals surface area contributed by atoms with Gasteiger partial charge in [0, 0.05) is 25.0 Å². The Kier molecular flexibility index (Phi) is 5.16. The quantitative estimate of drug-likeness (QED) is 0.461. The summed E-state index contributed by atoms with van der Waals surface area (Å²) in [5.41, 5.74) is 2.76. The van der Waals surface area contributed by atoms with Crippen LogP contribution in [0.1, 0.15) is 5.56 Å². The number of amides is 2. The summed E-state index contributed by atoms with van der Waals surface area (Å²) in [6, 6.07) is 9.27. The maximum absolute atomic E-state index is 12.1. The van der Waals surface area contributed by atoms with Gasteiger partial charge in [-0.15, -0.1) is 11.3 Å². The minimum Gasteiger partial charge on any atom is -0.367 e. The van der Waals surface area contributed by atoms with Crippen molar-refractivity contribution in [1.29, 1.82) is 0 Å². The topological polar surface area (TPSA) is 96.8 Å². The Balaban J connectivity index is 1.29. The first-order valence-electron chi connectivity index (χ1n) is 8.76. The fourth-order valence-corrected chi connectivity index (χ4v) is 3.58. The number of aromatic nitrogens is 4. The molecule has 0 aliphatic carbocycles. The molecule has 8 nitrogen and oxygen atoms in total. The van der Waals surface area contributed by atoms with E-state index < -0.39 is 0 Å². The zero-order chi connectivity index (χ0) is 19.3. The van der Waals surface area contributed by atoms with E-state index in [1.807, 2.05) is 47.2 Å². The smallest absolute Gasteiger partial charge is 0.324 e. The molecule has 9 heteroatoms. The second-order valence-electron chi connectivity index (χ2n) is 6.23. The summed E-state index contributed by atoms with van der Waals surface area (Å²) in [4.78, 5) is 24.9. The third-order valence-corrected chi connectivity index (χ3v) is 4.97. The summed E-state index contributed by atoms with van der Waals surface area (Å²) in [5, 5.41) is 10.9. The minimum absolute atomic E-state index is 0.324. The zero-order valence-electron chi connectivity index (χ0n) is 15.2. The van der Waals surface area contributed by atoms with Gasteiger partial charge in [-0.25, -0.2) is 19.7 Å². The van der Waals surface area contributed by atoms with Crippen LogP contribution in [0.15, 0.2) is 54.6 Å². The maximum Gasteiger partial charge on any atom is 0.324 e.